The highest BCUT2D eigenvalue weighted by Gasteiger charge is 2.00. The highest BCUT2D eigenvalue weighted by molar-refractivity contribution is 9.10. The minimum Gasteiger partial charge on any atom is -0.466 e. The molecule has 0 bridgehead atoms. The fourth-order valence-corrected chi connectivity index (χ4v) is 1.89. The quantitative estimate of drug-likeness (QED) is 0.633. The van der Waals surface area contributed by atoms with Crippen molar-refractivity contribution in [2.24, 2.45) is 0 Å². The lowest BCUT2D eigenvalue weighted by Gasteiger charge is -1.96. The molecule has 1 atom stereocenters. The Balaban J connectivity index is 2.73. The summed E-state index contributed by atoms with van der Waals surface area (Å²) in [7, 11) is -0.0430. The molecule has 0 N–H and O–H groups in total. The Morgan fingerprint density at radius 1 is 1.40 bits per heavy atom. The van der Waals surface area contributed by atoms with Crippen LogP contribution in [-0.2, 0) is 20.3 Å². The molecule has 0 aliphatic carbocycles. The van der Waals surface area contributed by atoms with Crippen LogP contribution in [-0.4, -0.2) is 17.3 Å². The van der Waals surface area contributed by atoms with Crippen molar-refractivity contribution in [1.82, 2.24) is 0 Å². The van der Waals surface area contributed by atoms with E-state index in [0.29, 0.717) is 4.90 Å². The minimum atomic E-state index is -1.32. The molecule has 0 aromatic heterocycles. The maximum absolute atomic E-state index is 11.6. The van der Waals surface area contributed by atoms with Crippen LogP contribution in [0.4, 0.5) is 0 Å². The molecule has 0 saturated heterocycles. The van der Waals surface area contributed by atoms with E-state index < -0.39 is 16.8 Å². The Morgan fingerprint density at radius 2 is 2.00 bits per heavy atom. The molecule has 0 amide bonds. The van der Waals surface area contributed by atoms with Gasteiger partial charge in [0.2, 0.25) is 0 Å². The second kappa shape index (κ2) is 5.82. The zero-order valence-electron chi connectivity index (χ0n) is 7.98. The van der Waals surface area contributed by atoms with Crippen molar-refractivity contribution in [3.05, 3.63) is 40.2 Å². The molecule has 15 heavy (non-hydrogen) atoms. The molecule has 1 rings (SSSR count). The van der Waals surface area contributed by atoms with Crippen LogP contribution in [0, 0.1) is 0 Å². The number of carbonyl (C=O) groups is 1. The monoisotopic (exact) mass is 288 g/mol. The number of halogens is 1. The number of carbonyl (C=O) groups excluding carboxylic acids is 1. The van der Waals surface area contributed by atoms with Crippen LogP contribution in [0.2, 0.25) is 0 Å². The van der Waals surface area contributed by atoms with Gasteiger partial charge in [-0.25, -0.2) is 9.00 Å². The van der Waals surface area contributed by atoms with Gasteiger partial charge in [-0.1, -0.05) is 15.9 Å². The van der Waals surface area contributed by atoms with Crippen LogP contribution < -0.4 is 0 Å². The highest BCUT2D eigenvalue weighted by Crippen LogP contribution is 2.13. The van der Waals surface area contributed by atoms with Crippen LogP contribution in [0.25, 0.3) is 0 Å². The Labute approximate surface area is 98.7 Å². The molecule has 1 aromatic rings. The third-order valence-corrected chi connectivity index (χ3v) is 3.22. The van der Waals surface area contributed by atoms with Gasteiger partial charge in [-0.3, -0.25) is 0 Å². The average molecular weight is 289 g/mol. The summed E-state index contributed by atoms with van der Waals surface area (Å²) >= 11 is 3.28. The lowest BCUT2D eigenvalue weighted by atomic mass is 10.4. The van der Waals surface area contributed by atoms with E-state index in [0.717, 1.165) is 10.5 Å². The normalized spacial score (nSPS) is 12.7. The number of ether oxygens (including phenoxy) is 1. The van der Waals surface area contributed by atoms with Crippen molar-refractivity contribution in [2.75, 3.05) is 7.11 Å². The molecule has 80 valence electrons. The summed E-state index contributed by atoms with van der Waals surface area (Å²) in [5, 5.41) is 1.30. The van der Waals surface area contributed by atoms with E-state index in [-0.39, 0.29) is 0 Å². The van der Waals surface area contributed by atoms with Crippen molar-refractivity contribution in [3.8, 4) is 0 Å². The lowest BCUT2D eigenvalue weighted by Crippen LogP contribution is -1.95. The molecule has 0 heterocycles. The Kier molecular flexibility index (Phi) is 4.71. The third kappa shape index (κ3) is 3.97. The SMILES string of the molecule is COC(=O)/C=C/S(=O)c1ccc(Br)cc1. The number of hydrogen-bond donors (Lipinski definition) is 0. The highest BCUT2D eigenvalue weighted by atomic mass is 79.9. The lowest BCUT2D eigenvalue weighted by molar-refractivity contribution is -0.134. The molecule has 0 saturated carbocycles. The smallest absolute Gasteiger partial charge is 0.331 e. The molecule has 1 aromatic carbocycles. The third-order valence-electron chi connectivity index (χ3n) is 1.57. The van der Waals surface area contributed by atoms with Gasteiger partial charge in [0.25, 0.3) is 0 Å². The summed E-state index contributed by atoms with van der Waals surface area (Å²) in [5.74, 6) is -0.513. The fraction of sp³-hybridized carbons (Fsp3) is 0.100. The molecule has 3 nitrogen and oxygen atoms in total. The number of rotatable bonds is 3. The maximum Gasteiger partial charge on any atom is 0.331 e. The summed E-state index contributed by atoms with van der Waals surface area (Å²) in [4.78, 5) is 11.4. The van der Waals surface area contributed by atoms with Gasteiger partial charge in [0.15, 0.2) is 0 Å². The summed E-state index contributed by atoms with van der Waals surface area (Å²) in [6, 6.07) is 7.03. The molecule has 0 aliphatic heterocycles. The number of esters is 1. The van der Waals surface area contributed by atoms with Crippen molar-refractivity contribution in [1.29, 1.82) is 0 Å². The van der Waals surface area contributed by atoms with Gasteiger partial charge in [-0.15, -0.1) is 0 Å². The zero-order valence-corrected chi connectivity index (χ0v) is 10.4. The van der Waals surface area contributed by atoms with Gasteiger partial charge in [-0.05, 0) is 24.3 Å². The van der Waals surface area contributed by atoms with Crippen LogP contribution in [0.5, 0.6) is 0 Å². The number of benzene rings is 1. The van der Waals surface area contributed by atoms with Crippen molar-refractivity contribution >= 4 is 32.7 Å². The van der Waals surface area contributed by atoms with Crippen molar-refractivity contribution in [2.45, 2.75) is 4.90 Å². The molecule has 1 unspecified atom stereocenters. The van der Waals surface area contributed by atoms with E-state index in [9.17, 15) is 9.00 Å². The van der Waals surface area contributed by atoms with Gasteiger partial charge >= 0.3 is 5.97 Å². The molecule has 0 spiro atoms. The first-order valence-corrected chi connectivity index (χ1v) is 6.06. The second-order valence-corrected chi connectivity index (χ2v) is 4.83. The van der Waals surface area contributed by atoms with Gasteiger partial charge in [0.1, 0.15) is 0 Å². The topological polar surface area (TPSA) is 43.4 Å². The standard InChI is InChI=1S/C10H9BrO3S/c1-14-10(12)6-7-15(13)9-4-2-8(11)3-5-9/h2-7H,1H3/b7-6+. The Morgan fingerprint density at radius 3 is 2.53 bits per heavy atom. The fourth-order valence-electron chi connectivity index (χ4n) is 0.833. The van der Waals surface area contributed by atoms with Crippen LogP contribution >= 0.6 is 15.9 Å². The molecule has 0 fully saturated rings. The molecule has 0 aliphatic rings. The van der Waals surface area contributed by atoms with Gasteiger partial charge < -0.3 is 4.74 Å². The molecule has 0 radical (unpaired) electrons. The Hall–Kier alpha value is -0.940. The molecular formula is C10H9BrO3S. The first-order chi connectivity index (χ1) is 7.13. The molecule has 5 heteroatoms. The van der Waals surface area contributed by atoms with Gasteiger partial charge in [0, 0.05) is 20.9 Å². The summed E-state index contributed by atoms with van der Waals surface area (Å²) in [6.07, 6.45) is 1.15. The van der Waals surface area contributed by atoms with Gasteiger partial charge in [-0.2, -0.15) is 0 Å². The number of methoxy groups -OCH3 is 1. The largest absolute Gasteiger partial charge is 0.466 e. The van der Waals surface area contributed by atoms with E-state index in [1.54, 1.807) is 24.3 Å². The summed E-state index contributed by atoms with van der Waals surface area (Å²) in [5.41, 5.74) is 0. The van der Waals surface area contributed by atoms with Crippen LogP contribution in [0.3, 0.4) is 0 Å². The van der Waals surface area contributed by atoms with E-state index >= 15 is 0 Å². The van der Waals surface area contributed by atoms with E-state index in [4.69, 9.17) is 0 Å². The van der Waals surface area contributed by atoms with Crippen LogP contribution in [0.15, 0.2) is 45.1 Å². The van der Waals surface area contributed by atoms with E-state index in [2.05, 4.69) is 20.7 Å². The zero-order chi connectivity index (χ0) is 11.3. The van der Waals surface area contributed by atoms with E-state index in [1.165, 1.54) is 12.5 Å². The average Bonchev–Trinajstić information content (AvgIpc) is 2.26. The predicted octanol–water partition coefficient (Wildman–Crippen LogP) is 2.24. The second-order valence-electron chi connectivity index (χ2n) is 2.58. The van der Waals surface area contributed by atoms with Crippen molar-refractivity contribution in [3.63, 3.8) is 0 Å². The van der Waals surface area contributed by atoms with Crippen molar-refractivity contribution < 1.29 is 13.7 Å². The Bertz CT molecular complexity index is 398. The van der Waals surface area contributed by atoms with E-state index in [1.807, 2.05) is 0 Å². The number of hydrogen-bond acceptors (Lipinski definition) is 3. The summed E-state index contributed by atoms with van der Waals surface area (Å²) < 4.78 is 16.9. The first kappa shape index (κ1) is 12.1. The minimum absolute atomic E-state index is 0.513. The van der Waals surface area contributed by atoms with Crippen LogP contribution in [0.1, 0.15) is 0 Å². The maximum atomic E-state index is 11.6. The summed E-state index contributed by atoms with van der Waals surface area (Å²) in [6.45, 7) is 0. The predicted molar refractivity (Wildman–Crippen MR) is 61.7 cm³/mol. The molecular weight excluding hydrogens is 280 g/mol. The first-order valence-electron chi connectivity index (χ1n) is 4.06. The van der Waals surface area contributed by atoms with Gasteiger partial charge in [0.05, 0.1) is 17.9 Å².